The van der Waals surface area contributed by atoms with Crippen molar-refractivity contribution in [3.63, 3.8) is 0 Å². The lowest BCUT2D eigenvalue weighted by molar-refractivity contribution is 0.0779. The van der Waals surface area contributed by atoms with Gasteiger partial charge >= 0.3 is 0 Å². The smallest absolute Gasteiger partial charge is 0.275 e. The molecule has 35 heavy (non-hydrogen) atoms. The molecule has 0 aliphatic rings. The highest BCUT2D eigenvalue weighted by Gasteiger charge is 2.22. The number of benzene rings is 3. The first kappa shape index (κ1) is 24.4. The molecule has 0 spiro atoms. The summed E-state index contributed by atoms with van der Waals surface area (Å²) in [6, 6.07) is 27.1. The van der Waals surface area contributed by atoms with E-state index in [0.717, 1.165) is 12.1 Å². The number of hydrogen-bond acceptors (Lipinski definition) is 4. The van der Waals surface area contributed by atoms with Gasteiger partial charge in [0, 0.05) is 26.2 Å². The number of nitrogens with zero attached hydrogens (tertiary/aromatic N) is 3. The fourth-order valence-electron chi connectivity index (χ4n) is 4.24. The zero-order valence-electron chi connectivity index (χ0n) is 20.9. The summed E-state index contributed by atoms with van der Waals surface area (Å²) in [6.45, 7) is 8.23. The first-order valence-corrected chi connectivity index (χ1v) is 12.0. The monoisotopic (exact) mass is 467 g/mol. The maximum absolute atomic E-state index is 13.0. The van der Waals surface area contributed by atoms with E-state index in [0.29, 0.717) is 24.7 Å². The van der Waals surface area contributed by atoms with Gasteiger partial charge in [0.25, 0.3) is 5.91 Å². The van der Waals surface area contributed by atoms with Gasteiger partial charge in [0.05, 0.1) is 6.54 Å². The lowest BCUT2D eigenvalue weighted by atomic mass is 10.0. The van der Waals surface area contributed by atoms with Crippen LogP contribution in [0.2, 0.25) is 0 Å². The Morgan fingerprint density at radius 3 is 2.31 bits per heavy atom. The number of hydrogen-bond donors (Lipinski definition) is 0. The highest BCUT2D eigenvalue weighted by molar-refractivity contribution is 5.91. The van der Waals surface area contributed by atoms with E-state index in [1.807, 2.05) is 36.4 Å². The van der Waals surface area contributed by atoms with Gasteiger partial charge in [0.2, 0.25) is 5.89 Å². The average Bonchev–Trinajstić information content (AvgIpc) is 3.34. The number of amides is 1. The molecule has 1 atom stereocenters. The molecule has 0 fully saturated rings. The number of carbonyl (C=O) groups is 1. The Kier molecular flexibility index (Phi) is 7.78. The molecule has 0 aliphatic heterocycles. The molecule has 0 bridgehead atoms. The van der Waals surface area contributed by atoms with E-state index >= 15 is 0 Å². The first-order valence-electron chi connectivity index (χ1n) is 12.0. The van der Waals surface area contributed by atoms with Gasteiger partial charge in [-0.05, 0) is 43.0 Å². The second-order valence-corrected chi connectivity index (χ2v) is 9.19. The van der Waals surface area contributed by atoms with Crippen LogP contribution in [-0.2, 0) is 19.6 Å². The second kappa shape index (κ2) is 11.2. The van der Waals surface area contributed by atoms with Crippen molar-refractivity contribution in [2.45, 2.75) is 46.4 Å². The molecule has 4 rings (SSSR count). The average molecular weight is 468 g/mol. The molecule has 5 nitrogen and oxygen atoms in total. The van der Waals surface area contributed by atoms with E-state index in [2.05, 4.69) is 73.1 Å². The largest absolute Gasteiger partial charge is 0.447 e. The van der Waals surface area contributed by atoms with Crippen molar-refractivity contribution in [1.82, 2.24) is 14.8 Å². The van der Waals surface area contributed by atoms with Crippen LogP contribution in [-0.4, -0.2) is 27.7 Å². The van der Waals surface area contributed by atoms with Crippen LogP contribution < -0.4 is 0 Å². The Hall–Kier alpha value is -3.70. The van der Waals surface area contributed by atoms with Crippen molar-refractivity contribution in [3.8, 4) is 0 Å². The van der Waals surface area contributed by atoms with Crippen molar-refractivity contribution >= 4 is 5.91 Å². The minimum Gasteiger partial charge on any atom is -0.447 e. The molecule has 1 heterocycles. The van der Waals surface area contributed by atoms with Gasteiger partial charge in [-0.1, -0.05) is 84.4 Å². The number of rotatable bonds is 9. The van der Waals surface area contributed by atoms with Crippen molar-refractivity contribution in [2.24, 2.45) is 0 Å². The van der Waals surface area contributed by atoms with Gasteiger partial charge < -0.3 is 9.32 Å². The zero-order valence-corrected chi connectivity index (χ0v) is 20.9. The van der Waals surface area contributed by atoms with Gasteiger partial charge in [-0.3, -0.25) is 9.69 Å². The quantitative estimate of drug-likeness (QED) is 0.289. The van der Waals surface area contributed by atoms with E-state index in [1.165, 1.54) is 28.5 Å². The number of oxazole rings is 1. The summed E-state index contributed by atoms with van der Waals surface area (Å²) < 4.78 is 5.79. The molecule has 0 saturated heterocycles. The zero-order chi connectivity index (χ0) is 24.8. The van der Waals surface area contributed by atoms with E-state index in [-0.39, 0.29) is 11.9 Å². The maximum Gasteiger partial charge on any atom is 0.275 e. The normalized spacial score (nSPS) is 12.0. The molecule has 1 amide bonds. The van der Waals surface area contributed by atoms with E-state index < -0.39 is 0 Å². The van der Waals surface area contributed by atoms with Crippen LogP contribution in [0.3, 0.4) is 0 Å². The van der Waals surface area contributed by atoms with Crippen LogP contribution in [0.15, 0.2) is 89.5 Å². The van der Waals surface area contributed by atoms with Gasteiger partial charge in [-0.25, -0.2) is 4.98 Å². The third-order valence-corrected chi connectivity index (χ3v) is 6.43. The third-order valence-electron chi connectivity index (χ3n) is 6.43. The molecular formula is C30H33N3O2. The summed E-state index contributed by atoms with van der Waals surface area (Å²) in [6.07, 6.45) is 1.47. The third kappa shape index (κ3) is 6.25. The maximum atomic E-state index is 13.0. The Balaban J connectivity index is 1.53. The van der Waals surface area contributed by atoms with Gasteiger partial charge in [-0.2, -0.15) is 0 Å². The fourth-order valence-corrected chi connectivity index (χ4v) is 4.24. The lowest BCUT2D eigenvalue weighted by Gasteiger charge is -2.29. The van der Waals surface area contributed by atoms with E-state index in [1.54, 1.807) is 11.9 Å². The van der Waals surface area contributed by atoms with Crippen LogP contribution in [0.5, 0.6) is 0 Å². The second-order valence-electron chi connectivity index (χ2n) is 9.19. The summed E-state index contributed by atoms with van der Waals surface area (Å²) in [4.78, 5) is 21.5. The van der Waals surface area contributed by atoms with Crippen LogP contribution in [0.4, 0.5) is 0 Å². The summed E-state index contributed by atoms with van der Waals surface area (Å²) in [5.74, 6) is 0.385. The van der Waals surface area contributed by atoms with Gasteiger partial charge in [0.1, 0.15) is 6.26 Å². The molecule has 1 aromatic heterocycles. The van der Waals surface area contributed by atoms with Crippen molar-refractivity contribution in [2.75, 3.05) is 7.05 Å². The molecule has 1 unspecified atom stereocenters. The summed E-state index contributed by atoms with van der Waals surface area (Å²) in [5.41, 5.74) is 6.40. The lowest BCUT2D eigenvalue weighted by Crippen LogP contribution is -2.28. The van der Waals surface area contributed by atoms with E-state index in [4.69, 9.17) is 4.42 Å². The van der Waals surface area contributed by atoms with Crippen LogP contribution in [0.1, 0.15) is 57.2 Å². The molecule has 180 valence electrons. The predicted octanol–water partition coefficient (Wildman–Crippen LogP) is 6.33. The van der Waals surface area contributed by atoms with Crippen molar-refractivity contribution < 1.29 is 9.21 Å². The molecule has 3 aromatic carbocycles. The van der Waals surface area contributed by atoms with Crippen LogP contribution >= 0.6 is 0 Å². The Morgan fingerprint density at radius 1 is 0.914 bits per heavy atom. The standard InChI is InChI=1S/C30H33N3O2/c1-22-15-16-23(2)27(17-22)19-33(24(3)26-13-9-6-10-14-26)20-29-31-28(21-35-29)30(34)32(4)18-25-11-7-5-8-12-25/h5-17,21,24H,18-20H2,1-4H3. The summed E-state index contributed by atoms with van der Waals surface area (Å²) >= 11 is 0. The SMILES string of the molecule is Cc1ccc(C)c(CN(Cc2nc(C(=O)N(C)Cc3ccccc3)co2)C(C)c2ccccc2)c1. The van der Waals surface area contributed by atoms with Crippen LogP contribution in [0.25, 0.3) is 0 Å². The summed E-state index contributed by atoms with van der Waals surface area (Å²) in [5, 5.41) is 0. The molecule has 0 saturated carbocycles. The molecule has 0 radical (unpaired) electrons. The Bertz CT molecular complexity index is 1250. The van der Waals surface area contributed by atoms with Gasteiger partial charge in [-0.15, -0.1) is 0 Å². The molecular weight excluding hydrogens is 434 g/mol. The number of aromatic nitrogens is 1. The number of carbonyl (C=O) groups excluding carboxylic acids is 1. The molecule has 4 aromatic rings. The molecule has 0 N–H and O–H groups in total. The Morgan fingerprint density at radius 2 is 1.60 bits per heavy atom. The summed E-state index contributed by atoms with van der Waals surface area (Å²) in [7, 11) is 1.79. The Labute approximate surface area is 208 Å². The highest BCUT2D eigenvalue weighted by atomic mass is 16.3. The molecule has 5 heteroatoms. The van der Waals surface area contributed by atoms with E-state index in [9.17, 15) is 4.79 Å². The van der Waals surface area contributed by atoms with Gasteiger partial charge in [0.15, 0.2) is 5.69 Å². The highest BCUT2D eigenvalue weighted by Crippen LogP contribution is 2.26. The van der Waals surface area contributed by atoms with Crippen molar-refractivity contribution in [3.05, 3.63) is 125 Å². The van der Waals surface area contributed by atoms with Crippen LogP contribution in [0, 0.1) is 13.8 Å². The first-order chi connectivity index (χ1) is 16.9. The number of aryl methyl sites for hydroxylation is 2. The molecule has 0 aliphatic carbocycles. The fraction of sp³-hybridized carbons (Fsp3) is 0.267. The minimum absolute atomic E-state index is 0.142. The predicted molar refractivity (Wildman–Crippen MR) is 139 cm³/mol. The topological polar surface area (TPSA) is 49.6 Å². The van der Waals surface area contributed by atoms with Crippen molar-refractivity contribution in [1.29, 1.82) is 0 Å². The minimum atomic E-state index is -0.152.